The van der Waals surface area contributed by atoms with Crippen molar-refractivity contribution in [3.63, 3.8) is 0 Å². The molecule has 0 aliphatic carbocycles. The molecule has 0 saturated carbocycles. The van der Waals surface area contributed by atoms with Crippen LogP contribution in [0, 0.1) is 6.92 Å². The van der Waals surface area contributed by atoms with Crippen molar-refractivity contribution in [2.45, 2.75) is 11.8 Å². The Balaban J connectivity index is 1.90. The number of anilines is 2. The van der Waals surface area contributed by atoms with Crippen molar-refractivity contribution in [3.05, 3.63) is 87.4 Å². The second-order valence-corrected chi connectivity index (χ2v) is 8.97. The predicted molar refractivity (Wildman–Crippen MR) is 116 cm³/mol. The first-order valence-corrected chi connectivity index (χ1v) is 10.9. The van der Waals surface area contributed by atoms with Gasteiger partial charge in [0.25, 0.3) is 15.9 Å². The van der Waals surface area contributed by atoms with Crippen LogP contribution in [-0.4, -0.2) is 14.3 Å². The first-order chi connectivity index (χ1) is 13.3. The summed E-state index contributed by atoms with van der Waals surface area (Å²) in [7, 11) is -3.97. The molecule has 3 aromatic rings. The third kappa shape index (κ3) is 4.73. The number of amides is 1. The third-order valence-corrected chi connectivity index (χ3v) is 6.43. The highest BCUT2D eigenvalue weighted by Gasteiger charge is 2.21. The molecule has 28 heavy (non-hydrogen) atoms. The number of aryl methyl sites for hydroxylation is 1. The van der Waals surface area contributed by atoms with Crippen LogP contribution >= 0.6 is 27.5 Å². The van der Waals surface area contributed by atoms with Crippen LogP contribution in [0.4, 0.5) is 11.4 Å². The van der Waals surface area contributed by atoms with E-state index in [9.17, 15) is 13.2 Å². The van der Waals surface area contributed by atoms with Crippen molar-refractivity contribution in [1.82, 2.24) is 0 Å². The summed E-state index contributed by atoms with van der Waals surface area (Å²) in [5.41, 5.74) is 2.07. The lowest BCUT2D eigenvalue weighted by molar-refractivity contribution is 0.102. The Kier molecular flexibility index (Phi) is 6.07. The van der Waals surface area contributed by atoms with Crippen molar-refractivity contribution in [2.75, 3.05) is 10.0 Å². The molecule has 0 bridgehead atoms. The second kappa shape index (κ2) is 8.34. The van der Waals surface area contributed by atoms with E-state index in [0.717, 1.165) is 5.56 Å². The van der Waals surface area contributed by atoms with Gasteiger partial charge in [0.15, 0.2) is 0 Å². The summed E-state index contributed by atoms with van der Waals surface area (Å²) in [6.45, 7) is 1.86. The summed E-state index contributed by atoms with van der Waals surface area (Å²) in [6.07, 6.45) is 0. The highest BCUT2D eigenvalue weighted by molar-refractivity contribution is 9.10. The molecule has 0 heterocycles. The molecule has 8 heteroatoms. The zero-order valence-electron chi connectivity index (χ0n) is 14.7. The number of halogens is 2. The van der Waals surface area contributed by atoms with Gasteiger partial charge in [-0.05, 0) is 70.9 Å². The van der Waals surface area contributed by atoms with Crippen molar-refractivity contribution < 1.29 is 13.2 Å². The Morgan fingerprint density at radius 2 is 1.75 bits per heavy atom. The van der Waals surface area contributed by atoms with E-state index in [-0.39, 0.29) is 15.5 Å². The van der Waals surface area contributed by atoms with E-state index in [1.807, 2.05) is 19.1 Å². The Morgan fingerprint density at radius 1 is 1.00 bits per heavy atom. The van der Waals surface area contributed by atoms with Gasteiger partial charge >= 0.3 is 0 Å². The van der Waals surface area contributed by atoms with Crippen LogP contribution in [0.25, 0.3) is 0 Å². The Bertz CT molecular complexity index is 1150. The van der Waals surface area contributed by atoms with Gasteiger partial charge in [0.1, 0.15) is 4.90 Å². The predicted octanol–water partition coefficient (Wildman–Crippen LogP) is 5.46. The normalized spacial score (nSPS) is 11.1. The fraction of sp³-hybridized carbons (Fsp3) is 0.0500. The molecule has 0 saturated heterocycles. The number of carbonyl (C=O) groups is 1. The van der Waals surface area contributed by atoms with Gasteiger partial charge < -0.3 is 5.32 Å². The average molecular weight is 480 g/mol. The van der Waals surface area contributed by atoms with E-state index in [2.05, 4.69) is 26.0 Å². The van der Waals surface area contributed by atoms with E-state index in [0.29, 0.717) is 15.8 Å². The Hall–Kier alpha value is -2.35. The van der Waals surface area contributed by atoms with Crippen LogP contribution < -0.4 is 10.0 Å². The highest BCUT2D eigenvalue weighted by atomic mass is 79.9. The first kappa shape index (κ1) is 20.4. The van der Waals surface area contributed by atoms with Gasteiger partial charge in [0.2, 0.25) is 0 Å². The topological polar surface area (TPSA) is 75.3 Å². The summed E-state index contributed by atoms with van der Waals surface area (Å²) in [4.78, 5) is 12.4. The molecule has 2 N–H and O–H groups in total. The van der Waals surface area contributed by atoms with Crippen LogP contribution in [0.1, 0.15) is 15.9 Å². The summed E-state index contributed by atoms with van der Waals surface area (Å²) >= 11 is 9.47. The van der Waals surface area contributed by atoms with Crippen LogP contribution in [0.2, 0.25) is 5.02 Å². The lowest BCUT2D eigenvalue weighted by Gasteiger charge is -2.12. The minimum atomic E-state index is -3.97. The molecule has 0 aliphatic heterocycles. The SMILES string of the molecule is Cc1cccc(NS(=O)(=O)c2cc(C(=O)Nc3ccccc3Br)ccc2Cl)c1. The number of nitrogens with one attached hydrogen (secondary N) is 2. The molecule has 3 rings (SSSR count). The Morgan fingerprint density at radius 3 is 2.46 bits per heavy atom. The Labute approximate surface area is 176 Å². The molecule has 0 unspecified atom stereocenters. The van der Waals surface area contributed by atoms with Gasteiger partial charge in [-0.3, -0.25) is 9.52 Å². The average Bonchev–Trinajstić information content (AvgIpc) is 2.63. The van der Waals surface area contributed by atoms with Crippen molar-refractivity contribution in [2.24, 2.45) is 0 Å². The van der Waals surface area contributed by atoms with E-state index < -0.39 is 15.9 Å². The standard InChI is InChI=1S/C20H16BrClN2O3S/c1-13-5-4-6-15(11-13)24-28(26,27)19-12-14(9-10-17(19)22)20(25)23-18-8-3-2-7-16(18)21/h2-12,24H,1H3,(H,23,25). The molecule has 144 valence electrons. The number of carbonyl (C=O) groups excluding carboxylic acids is 1. The van der Waals surface area contributed by atoms with Crippen molar-refractivity contribution in [1.29, 1.82) is 0 Å². The zero-order valence-corrected chi connectivity index (χ0v) is 17.9. The van der Waals surface area contributed by atoms with E-state index >= 15 is 0 Å². The molecular formula is C20H16BrClN2O3S. The lowest BCUT2D eigenvalue weighted by Crippen LogP contribution is -2.16. The van der Waals surface area contributed by atoms with Crippen LogP contribution in [0.5, 0.6) is 0 Å². The number of benzene rings is 3. The van der Waals surface area contributed by atoms with Gasteiger partial charge in [0.05, 0.1) is 10.7 Å². The smallest absolute Gasteiger partial charge is 0.263 e. The summed E-state index contributed by atoms with van der Waals surface area (Å²) in [5, 5.41) is 2.76. The minimum absolute atomic E-state index is 0.0256. The van der Waals surface area contributed by atoms with E-state index in [4.69, 9.17) is 11.6 Å². The van der Waals surface area contributed by atoms with Gasteiger partial charge in [-0.25, -0.2) is 8.42 Å². The molecule has 0 spiro atoms. The van der Waals surface area contributed by atoms with Gasteiger partial charge in [-0.1, -0.05) is 35.9 Å². The first-order valence-electron chi connectivity index (χ1n) is 8.21. The maximum absolute atomic E-state index is 12.8. The van der Waals surface area contributed by atoms with Gasteiger partial charge in [-0.2, -0.15) is 0 Å². The molecular weight excluding hydrogens is 464 g/mol. The summed E-state index contributed by atoms with van der Waals surface area (Å²) in [5.74, 6) is -0.449. The number of para-hydroxylation sites is 1. The largest absolute Gasteiger partial charge is 0.321 e. The fourth-order valence-electron chi connectivity index (χ4n) is 2.53. The quantitative estimate of drug-likeness (QED) is 0.510. The maximum Gasteiger partial charge on any atom is 0.263 e. The molecule has 0 radical (unpaired) electrons. The molecule has 0 aliphatic rings. The monoisotopic (exact) mass is 478 g/mol. The number of hydrogen-bond acceptors (Lipinski definition) is 3. The fourth-order valence-corrected chi connectivity index (χ4v) is 4.49. The molecule has 0 atom stereocenters. The van der Waals surface area contributed by atoms with Crippen LogP contribution in [-0.2, 0) is 10.0 Å². The highest BCUT2D eigenvalue weighted by Crippen LogP contribution is 2.27. The zero-order chi connectivity index (χ0) is 20.3. The molecule has 0 fully saturated rings. The summed E-state index contributed by atoms with van der Waals surface area (Å²) < 4.78 is 28.8. The van der Waals surface area contributed by atoms with E-state index in [1.54, 1.807) is 36.4 Å². The van der Waals surface area contributed by atoms with Crippen LogP contribution in [0.3, 0.4) is 0 Å². The maximum atomic E-state index is 12.8. The number of rotatable bonds is 5. The third-order valence-electron chi connectivity index (χ3n) is 3.88. The summed E-state index contributed by atoms with van der Waals surface area (Å²) in [6, 6.07) is 18.2. The van der Waals surface area contributed by atoms with Gasteiger partial charge in [0, 0.05) is 15.7 Å². The number of sulfonamides is 1. The number of hydrogen-bond donors (Lipinski definition) is 2. The second-order valence-electron chi connectivity index (χ2n) is 6.05. The molecule has 1 amide bonds. The van der Waals surface area contributed by atoms with Crippen LogP contribution in [0.15, 0.2) is 76.1 Å². The molecule has 0 aromatic heterocycles. The van der Waals surface area contributed by atoms with Crippen molar-refractivity contribution >= 4 is 54.8 Å². The van der Waals surface area contributed by atoms with Gasteiger partial charge in [-0.15, -0.1) is 0 Å². The van der Waals surface area contributed by atoms with Crippen molar-refractivity contribution in [3.8, 4) is 0 Å². The molecule has 3 aromatic carbocycles. The molecule has 5 nitrogen and oxygen atoms in total. The lowest BCUT2D eigenvalue weighted by atomic mass is 10.2. The van der Waals surface area contributed by atoms with E-state index in [1.165, 1.54) is 18.2 Å². The minimum Gasteiger partial charge on any atom is -0.321 e.